The van der Waals surface area contributed by atoms with Crippen LogP contribution in [0.15, 0.2) is 42.5 Å². The summed E-state index contributed by atoms with van der Waals surface area (Å²) < 4.78 is 41.3. The van der Waals surface area contributed by atoms with Crippen molar-refractivity contribution in [3.05, 3.63) is 53.6 Å². The molecule has 0 radical (unpaired) electrons. The molecule has 4 amide bonds. The van der Waals surface area contributed by atoms with Gasteiger partial charge in [0.15, 0.2) is 0 Å². The normalized spacial score (nSPS) is 27.6. The minimum Gasteiger partial charge on any atom is -0.374 e. The van der Waals surface area contributed by atoms with Gasteiger partial charge in [-0.1, -0.05) is 6.07 Å². The van der Waals surface area contributed by atoms with Crippen LogP contribution in [-0.4, -0.2) is 99.7 Å². The molecule has 4 aliphatic rings. The fourth-order valence-corrected chi connectivity index (χ4v) is 9.91. The number of anilines is 3. The fourth-order valence-electron chi connectivity index (χ4n) is 9.19. The largest absolute Gasteiger partial charge is 0.417 e. The van der Waals surface area contributed by atoms with Crippen LogP contribution in [0.5, 0.6) is 0 Å². The number of rotatable bonds is 11. The summed E-state index contributed by atoms with van der Waals surface area (Å²) in [7, 11) is 0. The summed E-state index contributed by atoms with van der Waals surface area (Å²) in [4.78, 5) is 58.6. The van der Waals surface area contributed by atoms with Gasteiger partial charge < -0.3 is 15.5 Å². The standard InChI is InChI=1S/C41H53F3N8O4S/c1-25-22-49(23-26(2)50(25)24-36(54)47-30-9-5-8-29(19-30)46-34-16-17-35(53)48-37(34)55)18-6-7-27-10-13-31(14-11-27)52-39(57)51(38(56)40(52,3)4)32-15-12-28(21-45)33(20-32)41(42,43)44/h5,8-9,12,15,19-20,25-27,31,34,39,46,57H,6-7,10-11,13-14,16-18,22-24H2,1-4H3,(H,47,54)(H,48,53,55)/t25-,26+,27?,31?,34?,39?. The number of amides is 4. The van der Waals surface area contributed by atoms with Gasteiger partial charge in [-0.15, -0.1) is 12.6 Å². The molecule has 2 unspecified atom stereocenters. The van der Waals surface area contributed by atoms with E-state index in [1.54, 1.807) is 32.0 Å². The smallest absolute Gasteiger partial charge is 0.374 e. The molecule has 0 bridgehead atoms. The molecule has 3 N–H and O–H groups in total. The second kappa shape index (κ2) is 17.4. The van der Waals surface area contributed by atoms with Crippen LogP contribution >= 0.6 is 12.6 Å². The van der Waals surface area contributed by atoms with Crippen LogP contribution < -0.4 is 20.9 Å². The van der Waals surface area contributed by atoms with E-state index < -0.39 is 34.4 Å². The van der Waals surface area contributed by atoms with Gasteiger partial charge in [0, 0.05) is 54.7 Å². The van der Waals surface area contributed by atoms with Crippen LogP contribution in [0, 0.1) is 17.2 Å². The molecular weight excluding hydrogens is 758 g/mol. The first-order valence-electron chi connectivity index (χ1n) is 19.9. The highest BCUT2D eigenvalue weighted by Crippen LogP contribution is 2.44. The first kappa shape index (κ1) is 42.4. The maximum atomic E-state index is 13.8. The number of alkyl halides is 3. The van der Waals surface area contributed by atoms with E-state index in [2.05, 4.69) is 39.6 Å². The lowest BCUT2D eigenvalue weighted by atomic mass is 9.81. The number of piperazine rings is 1. The van der Waals surface area contributed by atoms with Crippen molar-refractivity contribution in [1.82, 2.24) is 20.0 Å². The Kier molecular flexibility index (Phi) is 12.9. The molecule has 1 saturated carbocycles. The Labute approximate surface area is 337 Å². The first-order chi connectivity index (χ1) is 27.0. The summed E-state index contributed by atoms with van der Waals surface area (Å²) in [5.41, 5.74) is -1.87. The van der Waals surface area contributed by atoms with Gasteiger partial charge in [-0.25, -0.2) is 0 Å². The van der Waals surface area contributed by atoms with Crippen molar-refractivity contribution in [2.45, 2.75) is 120 Å². The van der Waals surface area contributed by atoms with Crippen molar-refractivity contribution in [3.8, 4) is 6.07 Å². The Morgan fingerprint density at radius 3 is 2.33 bits per heavy atom. The first-order valence-corrected chi connectivity index (χ1v) is 20.4. The number of hydrogen-bond donors (Lipinski definition) is 4. The van der Waals surface area contributed by atoms with Crippen LogP contribution in [0.4, 0.5) is 30.2 Å². The number of nitrogens with one attached hydrogen (secondary N) is 3. The minimum absolute atomic E-state index is 0.0542. The summed E-state index contributed by atoms with van der Waals surface area (Å²) >= 11 is 4.79. The molecule has 16 heteroatoms. The van der Waals surface area contributed by atoms with Crippen LogP contribution in [0.1, 0.15) is 90.2 Å². The van der Waals surface area contributed by atoms with E-state index in [0.29, 0.717) is 23.7 Å². The molecule has 3 aliphatic heterocycles. The van der Waals surface area contributed by atoms with Crippen LogP contribution in [0.25, 0.3) is 0 Å². The van der Waals surface area contributed by atoms with Gasteiger partial charge in [0.2, 0.25) is 23.6 Å². The third-order valence-electron chi connectivity index (χ3n) is 12.1. The molecule has 12 nitrogen and oxygen atoms in total. The molecule has 4 fully saturated rings. The van der Waals surface area contributed by atoms with Gasteiger partial charge in [0.25, 0.3) is 0 Å². The lowest BCUT2D eigenvalue weighted by Gasteiger charge is -2.44. The van der Waals surface area contributed by atoms with Crippen molar-refractivity contribution >= 4 is 53.3 Å². The summed E-state index contributed by atoms with van der Waals surface area (Å²) in [6, 6.07) is 12.1. The van der Waals surface area contributed by atoms with E-state index in [0.717, 1.165) is 70.3 Å². The number of piperidine rings is 1. The summed E-state index contributed by atoms with van der Waals surface area (Å²) in [6.45, 7) is 10.9. The lowest BCUT2D eigenvalue weighted by molar-refractivity contribution is -0.138. The molecule has 2 aromatic rings. The Morgan fingerprint density at radius 1 is 1.00 bits per heavy atom. The molecule has 3 saturated heterocycles. The Morgan fingerprint density at radius 2 is 1.68 bits per heavy atom. The molecule has 0 spiro atoms. The predicted octanol–water partition coefficient (Wildman–Crippen LogP) is 5.81. The van der Waals surface area contributed by atoms with Crippen LogP contribution in [-0.2, 0) is 25.4 Å². The summed E-state index contributed by atoms with van der Waals surface area (Å²) in [6.07, 6.45) is 1.80. The topological polar surface area (TPSA) is 141 Å². The Balaban J connectivity index is 0.942. The average Bonchev–Trinajstić information content (AvgIpc) is 3.32. The third kappa shape index (κ3) is 9.59. The zero-order chi connectivity index (χ0) is 41.2. The summed E-state index contributed by atoms with van der Waals surface area (Å²) in [5, 5.41) is 17.7. The fraction of sp³-hybridized carbons (Fsp3) is 0.585. The number of carbonyl (C=O) groups excluding carboxylic acids is 4. The monoisotopic (exact) mass is 810 g/mol. The van der Waals surface area contributed by atoms with Crippen molar-refractivity contribution in [1.29, 1.82) is 5.26 Å². The molecule has 0 aromatic heterocycles. The highest BCUT2D eigenvalue weighted by atomic mass is 32.1. The Bertz CT molecular complexity index is 1870. The van der Waals surface area contributed by atoms with Gasteiger partial charge >= 0.3 is 6.18 Å². The molecule has 4 atom stereocenters. The maximum Gasteiger partial charge on any atom is 0.417 e. The molecule has 308 valence electrons. The number of imide groups is 1. The van der Waals surface area contributed by atoms with E-state index in [1.807, 2.05) is 17.0 Å². The number of thiol groups is 1. The zero-order valence-electron chi connectivity index (χ0n) is 32.9. The van der Waals surface area contributed by atoms with Gasteiger partial charge in [-0.05, 0) is 122 Å². The van der Waals surface area contributed by atoms with Gasteiger partial charge in [0.1, 0.15) is 11.5 Å². The van der Waals surface area contributed by atoms with E-state index in [1.165, 1.54) is 11.0 Å². The number of nitrogens with zero attached hydrogens (tertiary/aromatic N) is 5. The molecule has 3 heterocycles. The second-order valence-electron chi connectivity index (χ2n) is 16.6. The SMILES string of the molecule is C[C@@H]1CN(CCCC2CCC(N3C(S)N(c4ccc(C#N)c(C(F)(F)F)c4)C(=O)C3(C)C)CC2)C[C@H](C)N1CC(=O)Nc1cccc(NC2CCC(=O)NC2=O)c1. The quantitative estimate of drug-likeness (QED) is 0.164. The van der Waals surface area contributed by atoms with Crippen molar-refractivity contribution in [2.75, 3.05) is 41.7 Å². The molecule has 57 heavy (non-hydrogen) atoms. The van der Waals surface area contributed by atoms with Crippen molar-refractivity contribution < 1.29 is 32.3 Å². The zero-order valence-corrected chi connectivity index (χ0v) is 33.8. The average molecular weight is 811 g/mol. The lowest BCUT2D eigenvalue weighted by Crippen LogP contribution is -2.58. The minimum atomic E-state index is -4.73. The van der Waals surface area contributed by atoms with Crippen LogP contribution in [0.2, 0.25) is 0 Å². The summed E-state index contributed by atoms with van der Waals surface area (Å²) in [5.74, 6) is -0.514. The van der Waals surface area contributed by atoms with Gasteiger partial charge in [-0.3, -0.25) is 39.2 Å². The van der Waals surface area contributed by atoms with Gasteiger partial charge in [0.05, 0.1) is 29.3 Å². The third-order valence-corrected chi connectivity index (χ3v) is 12.6. The predicted molar refractivity (Wildman–Crippen MR) is 214 cm³/mol. The molecular formula is C41H53F3N8O4S. The highest BCUT2D eigenvalue weighted by Gasteiger charge is 2.54. The second-order valence-corrected chi connectivity index (χ2v) is 17.0. The van der Waals surface area contributed by atoms with Gasteiger partial charge in [-0.2, -0.15) is 18.4 Å². The van der Waals surface area contributed by atoms with E-state index in [4.69, 9.17) is 12.6 Å². The van der Waals surface area contributed by atoms with Crippen molar-refractivity contribution in [3.63, 3.8) is 0 Å². The molecule has 6 rings (SSSR count). The number of benzene rings is 2. The number of nitriles is 1. The molecule has 2 aromatic carbocycles. The van der Waals surface area contributed by atoms with Crippen LogP contribution in [0.3, 0.4) is 0 Å². The van der Waals surface area contributed by atoms with E-state index in [9.17, 15) is 37.6 Å². The highest BCUT2D eigenvalue weighted by molar-refractivity contribution is 7.81. The number of hydrogen-bond acceptors (Lipinski definition) is 10. The Hall–Kier alpha value is -4.17. The maximum absolute atomic E-state index is 13.8. The van der Waals surface area contributed by atoms with E-state index in [-0.39, 0.29) is 60.4 Å². The molecule has 1 aliphatic carbocycles. The number of carbonyl (C=O) groups is 4. The van der Waals surface area contributed by atoms with Crippen molar-refractivity contribution in [2.24, 2.45) is 5.92 Å². The van der Waals surface area contributed by atoms with E-state index >= 15 is 0 Å². The number of halogens is 3.